The van der Waals surface area contributed by atoms with Crippen LogP contribution in [0.5, 0.6) is 0 Å². The lowest BCUT2D eigenvalue weighted by Gasteiger charge is -2.46. The van der Waals surface area contributed by atoms with E-state index in [9.17, 15) is 45.6 Å². The van der Waals surface area contributed by atoms with Crippen LogP contribution in [-0.4, -0.2) is 140 Å². The molecule has 9 N–H and O–H groups in total. The molecule has 2 fully saturated rings. The van der Waals surface area contributed by atoms with Crippen molar-refractivity contribution >= 4 is 5.91 Å². The Morgan fingerprint density at radius 3 is 1.55 bits per heavy atom. The Labute approximate surface area is 394 Å². The molecule has 0 aromatic rings. The first kappa shape index (κ1) is 58.8. The summed E-state index contributed by atoms with van der Waals surface area (Å²) in [6.45, 7) is 2.47. The fraction of sp³-hybridized carbons (Fsp3) is 0.635. The molecule has 12 unspecified atom stereocenters. The number of carbonyl (C=O) groups excluding carboxylic acids is 1. The Morgan fingerprint density at radius 2 is 1.03 bits per heavy atom. The highest BCUT2D eigenvalue weighted by Crippen LogP contribution is 2.30. The van der Waals surface area contributed by atoms with Gasteiger partial charge in [-0.25, -0.2) is 0 Å². The molecule has 2 aliphatic heterocycles. The summed E-state index contributed by atoms with van der Waals surface area (Å²) >= 11 is 0. The van der Waals surface area contributed by atoms with Crippen molar-refractivity contribution in [1.82, 2.24) is 5.32 Å². The first-order chi connectivity index (χ1) is 32.1. The van der Waals surface area contributed by atoms with Gasteiger partial charge in [0.15, 0.2) is 12.6 Å². The van der Waals surface area contributed by atoms with Gasteiger partial charge in [-0.15, -0.1) is 0 Å². The summed E-state index contributed by atoms with van der Waals surface area (Å²) < 4.78 is 22.5. The number of amides is 1. The maximum atomic E-state index is 13.0. The van der Waals surface area contributed by atoms with Crippen LogP contribution in [0.3, 0.4) is 0 Å². The number of hydrogen-bond acceptors (Lipinski definition) is 13. The Hall–Kier alpha value is -3.35. The van der Waals surface area contributed by atoms with Gasteiger partial charge in [-0.1, -0.05) is 136 Å². The molecule has 2 saturated heterocycles. The molecule has 0 saturated carbocycles. The number of unbranched alkanes of at least 4 members (excludes halogenated alkanes) is 5. The van der Waals surface area contributed by atoms with Gasteiger partial charge in [0.25, 0.3) is 0 Å². The van der Waals surface area contributed by atoms with Crippen molar-refractivity contribution in [2.45, 2.75) is 190 Å². The molecule has 0 aromatic heterocycles. The number of allylic oxidation sites excluding steroid dienone is 17. The summed E-state index contributed by atoms with van der Waals surface area (Å²) in [6.07, 6.45) is 34.9. The van der Waals surface area contributed by atoms with Crippen LogP contribution < -0.4 is 5.32 Å². The Bertz CT molecular complexity index is 1520. The number of hydrogen-bond donors (Lipinski definition) is 9. The van der Waals surface area contributed by atoms with Gasteiger partial charge in [0, 0.05) is 6.42 Å². The fourth-order valence-electron chi connectivity index (χ4n) is 7.01. The Balaban J connectivity index is 1.73. The monoisotopic (exact) mass is 930 g/mol. The second-order valence-electron chi connectivity index (χ2n) is 16.5. The third-order valence-corrected chi connectivity index (χ3v) is 11.0. The van der Waals surface area contributed by atoms with Crippen molar-refractivity contribution in [2.24, 2.45) is 0 Å². The molecule has 66 heavy (non-hydrogen) atoms. The van der Waals surface area contributed by atoms with E-state index < -0.39 is 86.8 Å². The second kappa shape index (κ2) is 37.6. The van der Waals surface area contributed by atoms with Crippen molar-refractivity contribution in [1.29, 1.82) is 0 Å². The van der Waals surface area contributed by atoms with Gasteiger partial charge in [0.2, 0.25) is 5.91 Å². The molecule has 2 aliphatic rings. The SMILES string of the molecule is CC/C=C\C/C=C\C/C=C\C/C=C\C/C=C\C/C=C\C/C=C\C/C=C\CCCCC(=O)NC(COC1OC(CO)C(OC2OC(CO)C(O)C(O)C2O)C(O)C1O)C(O)/C=C/CCCCC. The fourth-order valence-corrected chi connectivity index (χ4v) is 7.01. The summed E-state index contributed by atoms with van der Waals surface area (Å²) in [7, 11) is 0. The van der Waals surface area contributed by atoms with E-state index in [2.05, 4.69) is 116 Å². The van der Waals surface area contributed by atoms with Gasteiger partial charge >= 0.3 is 0 Å². The van der Waals surface area contributed by atoms with Gasteiger partial charge in [-0.2, -0.15) is 0 Å². The van der Waals surface area contributed by atoms with E-state index in [1.807, 2.05) is 6.08 Å². The first-order valence-corrected chi connectivity index (χ1v) is 24.1. The first-order valence-electron chi connectivity index (χ1n) is 24.1. The molecule has 14 heteroatoms. The molecule has 2 heterocycles. The van der Waals surface area contributed by atoms with Gasteiger partial charge in [-0.05, 0) is 83.5 Å². The quantitative estimate of drug-likeness (QED) is 0.0277. The van der Waals surface area contributed by atoms with E-state index >= 15 is 0 Å². The van der Waals surface area contributed by atoms with Crippen LogP contribution >= 0.6 is 0 Å². The number of ether oxygens (including phenoxy) is 4. The van der Waals surface area contributed by atoms with E-state index in [4.69, 9.17) is 18.9 Å². The van der Waals surface area contributed by atoms with Gasteiger partial charge in [0.05, 0.1) is 32.0 Å². The van der Waals surface area contributed by atoms with Crippen LogP contribution in [0, 0.1) is 0 Å². The molecular formula is C52H83NO13. The summed E-state index contributed by atoms with van der Waals surface area (Å²) in [5, 5.41) is 86.0. The highest BCUT2D eigenvalue weighted by Gasteiger charge is 2.51. The van der Waals surface area contributed by atoms with Crippen LogP contribution in [0.2, 0.25) is 0 Å². The predicted molar refractivity (Wildman–Crippen MR) is 258 cm³/mol. The zero-order valence-corrected chi connectivity index (χ0v) is 39.4. The van der Waals surface area contributed by atoms with E-state index in [1.54, 1.807) is 6.08 Å². The van der Waals surface area contributed by atoms with E-state index in [-0.39, 0.29) is 18.9 Å². The van der Waals surface area contributed by atoms with Gasteiger partial charge in [0.1, 0.15) is 48.8 Å². The molecule has 0 radical (unpaired) electrons. The molecule has 0 aliphatic carbocycles. The topological polar surface area (TPSA) is 228 Å². The molecule has 2 rings (SSSR count). The average Bonchev–Trinajstić information content (AvgIpc) is 3.31. The number of carbonyl (C=O) groups is 1. The van der Waals surface area contributed by atoms with Crippen molar-refractivity contribution in [3.8, 4) is 0 Å². The Kier molecular flexibility index (Phi) is 33.5. The lowest BCUT2D eigenvalue weighted by atomic mass is 9.97. The van der Waals surface area contributed by atoms with E-state index in [1.165, 1.54) is 0 Å². The lowest BCUT2D eigenvalue weighted by Crippen LogP contribution is -2.65. The predicted octanol–water partition coefficient (Wildman–Crippen LogP) is 5.76. The molecule has 0 spiro atoms. The van der Waals surface area contributed by atoms with Crippen LogP contribution in [0.15, 0.2) is 109 Å². The van der Waals surface area contributed by atoms with Crippen LogP contribution in [0.1, 0.15) is 117 Å². The summed E-state index contributed by atoms with van der Waals surface area (Å²) in [6, 6.07) is -0.942. The third-order valence-electron chi connectivity index (χ3n) is 11.0. The maximum Gasteiger partial charge on any atom is 0.220 e. The number of nitrogens with one attached hydrogen (secondary N) is 1. The average molecular weight is 930 g/mol. The summed E-state index contributed by atoms with van der Waals surface area (Å²) in [4.78, 5) is 13.0. The standard InChI is InChI=1S/C52H83NO13/c1-3-5-7-9-10-11-12-13-14-15-16-17-18-19-20-21-22-23-24-25-26-27-28-29-30-32-34-36-44(57)53-40(41(56)35-33-31-8-6-4-2)39-63-51-49(62)47(60)50(43(38-55)65-51)66-52-48(61)46(59)45(58)42(37-54)64-52/h5,7,10-11,13-14,16-17,19-20,22-23,25-26,28-29,33,35,40-43,45-52,54-56,58-62H,3-4,6,8-9,12,15,18,21,24,27,30-32,34,36-39H2,1-2H3,(H,53,57)/b7-5-,11-10-,14-13-,17-16-,20-19-,23-22-,26-25-,29-28-,35-33+. The number of aliphatic hydroxyl groups excluding tert-OH is 8. The van der Waals surface area contributed by atoms with Crippen LogP contribution in [0.4, 0.5) is 0 Å². The molecule has 0 bridgehead atoms. The zero-order chi connectivity index (χ0) is 48.2. The normalized spacial score (nSPS) is 27.8. The highest BCUT2D eigenvalue weighted by molar-refractivity contribution is 5.76. The molecule has 0 aromatic carbocycles. The molecular weight excluding hydrogens is 847 g/mol. The minimum Gasteiger partial charge on any atom is -0.394 e. The van der Waals surface area contributed by atoms with Crippen molar-refractivity contribution in [2.75, 3.05) is 19.8 Å². The summed E-state index contributed by atoms with van der Waals surface area (Å²) in [5.41, 5.74) is 0. The highest BCUT2D eigenvalue weighted by atomic mass is 16.7. The Morgan fingerprint density at radius 1 is 0.561 bits per heavy atom. The molecule has 12 atom stereocenters. The smallest absolute Gasteiger partial charge is 0.220 e. The molecule has 14 nitrogen and oxygen atoms in total. The number of rotatable bonds is 34. The summed E-state index contributed by atoms with van der Waals surface area (Å²) in [5.74, 6) is -0.297. The van der Waals surface area contributed by atoms with Crippen LogP contribution in [0.25, 0.3) is 0 Å². The largest absolute Gasteiger partial charge is 0.394 e. The molecule has 374 valence electrons. The zero-order valence-electron chi connectivity index (χ0n) is 39.4. The van der Waals surface area contributed by atoms with Crippen LogP contribution in [-0.2, 0) is 23.7 Å². The molecule has 1 amide bonds. The lowest BCUT2D eigenvalue weighted by molar-refractivity contribution is -0.359. The second-order valence-corrected chi connectivity index (χ2v) is 16.5. The third kappa shape index (κ3) is 24.6. The minimum absolute atomic E-state index is 0.216. The van der Waals surface area contributed by atoms with E-state index in [0.717, 1.165) is 89.9 Å². The van der Waals surface area contributed by atoms with Crippen molar-refractivity contribution in [3.63, 3.8) is 0 Å². The van der Waals surface area contributed by atoms with Crippen molar-refractivity contribution in [3.05, 3.63) is 109 Å². The maximum absolute atomic E-state index is 13.0. The van der Waals surface area contributed by atoms with E-state index in [0.29, 0.717) is 6.42 Å². The van der Waals surface area contributed by atoms with Crippen molar-refractivity contribution < 1.29 is 64.6 Å². The minimum atomic E-state index is -1.80. The number of aliphatic hydroxyl groups is 8. The van der Waals surface area contributed by atoms with Gasteiger partial charge in [-0.3, -0.25) is 4.79 Å². The van der Waals surface area contributed by atoms with Gasteiger partial charge < -0.3 is 65.1 Å².